The predicted octanol–water partition coefficient (Wildman–Crippen LogP) is 2.35. The number of hydrogen-bond acceptors (Lipinski definition) is 4. The average Bonchev–Trinajstić information content (AvgIpc) is 2.53. The van der Waals surface area contributed by atoms with Crippen molar-refractivity contribution in [1.29, 1.82) is 0 Å². The first-order chi connectivity index (χ1) is 6.67. The highest BCUT2D eigenvalue weighted by Gasteiger charge is 2.11. The predicted molar refractivity (Wildman–Crippen MR) is 62.4 cm³/mol. The summed E-state index contributed by atoms with van der Waals surface area (Å²) in [6.45, 7) is 5.35. The van der Waals surface area contributed by atoms with Crippen LogP contribution in [-0.2, 0) is 6.54 Å². The zero-order chi connectivity index (χ0) is 10.6. The second-order valence-corrected chi connectivity index (χ2v) is 4.45. The smallest absolute Gasteiger partial charge is 0.180 e. The summed E-state index contributed by atoms with van der Waals surface area (Å²) in [6.07, 6.45) is 2.37. The molecule has 1 aromatic heterocycles. The zero-order valence-electron chi connectivity index (χ0n) is 9.16. The highest BCUT2D eigenvalue weighted by molar-refractivity contribution is 7.13. The maximum absolute atomic E-state index is 5.58. The first-order valence-electron chi connectivity index (χ1n) is 5.07. The Kier molecular flexibility index (Phi) is 4.35. The minimum Gasteiger partial charge on any atom is -0.375 e. The Morgan fingerprint density at radius 2 is 2.14 bits per heavy atom. The summed E-state index contributed by atoms with van der Waals surface area (Å²) in [5.41, 5.74) is 6.67. The van der Waals surface area contributed by atoms with Gasteiger partial charge in [0.05, 0.1) is 5.69 Å². The number of nitrogens with two attached hydrogens (primary N) is 1. The molecular formula is C10H19N3S. The molecule has 3 nitrogen and oxygen atoms in total. The summed E-state index contributed by atoms with van der Waals surface area (Å²) >= 11 is 1.51. The highest BCUT2D eigenvalue weighted by atomic mass is 32.1. The van der Waals surface area contributed by atoms with E-state index in [1.807, 2.05) is 5.38 Å². The lowest BCUT2D eigenvalue weighted by Crippen LogP contribution is -2.30. The van der Waals surface area contributed by atoms with E-state index >= 15 is 0 Å². The summed E-state index contributed by atoms with van der Waals surface area (Å²) < 4.78 is 0. The Hall–Kier alpha value is -0.610. The normalized spacial score (nSPS) is 11.5. The molecule has 0 fully saturated rings. The van der Waals surface area contributed by atoms with E-state index in [9.17, 15) is 0 Å². The van der Waals surface area contributed by atoms with Crippen molar-refractivity contribution in [2.45, 2.75) is 39.3 Å². The second-order valence-electron chi connectivity index (χ2n) is 3.56. The molecule has 0 unspecified atom stereocenters. The Morgan fingerprint density at radius 3 is 2.57 bits per heavy atom. The van der Waals surface area contributed by atoms with Gasteiger partial charge in [-0.3, -0.25) is 4.90 Å². The fraction of sp³-hybridized carbons (Fsp3) is 0.700. The molecule has 14 heavy (non-hydrogen) atoms. The van der Waals surface area contributed by atoms with Crippen molar-refractivity contribution in [3.8, 4) is 0 Å². The SMILES string of the molecule is CCC(CC)N(C)Cc1csc(N)n1. The van der Waals surface area contributed by atoms with Crippen molar-refractivity contribution < 1.29 is 0 Å². The van der Waals surface area contributed by atoms with Crippen molar-refractivity contribution >= 4 is 16.5 Å². The first-order valence-corrected chi connectivity index (χ1v) is 5.95. The number of thiazole rings is 1. The number of hydrogen-bond donors (Lipinski definition) is 1. The molecule has 0 aliphatic rings. The van der Waals surface area contributed by atoms with Crippen molar-refractivity contribution in [1.82, 2.24) is 9.88 Å². The first kappa shape index (κ1) is 11.5. The summed E-state index contributed by atoms with van der Waals surface area (Å²) in [7, 11) is 2.15. The van der Waals surface area contributed by atoms with Crippen LogP contribution in [0, 0.1) is 0 Å². The Balaban J connectivity index is 2.51. The van der Waals surface area contributed by atoms with E-state index in [-0.39, 0.29) is 0 Å². The molecule has 1 aromatic rings. The van der Waals surface area contributed by atoms with Gasteiger partial charge in [-0.1, -0.05) is 13.8 Å². The quantitative estimate of drug-likeness (QED) is 0.816. The van der Waals surface area contributed by atoms with Crippen LogP contribution < -0.4 is 5.73 Å². The van der Waals surface area contributed by atoms with Gasteiger partial charge < -0.3 is 5.73 Å². The van der Waals surface area contributed by atoms with Crippen molar-refractivity contribution in [2.75, 3.05) is 12.8 Å². The Bertz CT molecular complexity index is 268. The topological polar surface area (TPSA) is 42.1 Å². The molecule has 1 heterocycles. The van der Waals surface area contributed by atoms with E-state index in [2.05, 4.69) is 30.8 Å². The number of aromatic nitrogens is 1. The van der Waals surface area contributed by atoms with Crippen LogP contribution in [-0.4, -0.2) is 23.0 Å². The summed E-state index contributed by atoms with van der Waals surface area (Å²) in [5.74, 6) is 0. The molecule has 0 spiro atoms. The molecule has 0 atom stereocenters. The van der Waals surface area contributed by atoms with Gasteiger partial charge in [-0.2, -0.15) is 0 Å². The van der Waals surface area contributed by atoms with E-state index < -0.39 is 0 Å². The van der Waals surface area contributed by atoms with Crippen LogP contribution in [0.2, 0.25) is 0 Å². The third-order valence-electron chi connectivity index (χ3n) is 2.55. The maximum atomic E-state index is 5.58. The molecule has 80 valence electrons. The van der Waals surface area contributed by atoms with Gasteiger partial charge in [0, 0.05) is 18.0 Å². The monoisotopic (exact) mass is 213 g/mol. The van der Waals surface area contributed by atoms with Gasteiger partial charge in [-0.25, -0.2) is 4.98 Å². The Labute approximate surface area is 89.9 Å². The summed E-state index contributed by atoms with van der Waals surface area (Å²) in [4.78, 5) is 6.60. The van der Waals surface area contributed by atoms with Gasteiger partial charge in [0.1, 0.15) is 0 Å². The number of rotatable bonds is 5. The molecule has 0 aromatic carbocycles. The van der Waals surface area contributed by atoms with Crippen LogP contribution in [0.3, 0.4) is 0 Å². The maximum Gasteiger partial charge on any atom is 0.180 e. The van der Waals surface area contributed by atoms with E-state index in [1.54, 1.807) is 0 Å². The molecule has 0 aliphatic heterocycles. The zero-order valence-corrected chi connectivity index (χ0v) is 9.97. The van der Waals surface area contributed by atoms with E-state index in [1.165, 1.54) is 24.2 Å². The molecule has 1 rings (SSSR count). The van der Waals surface area contributed by atoms with Crippen LogP contribution in [0.15, 0.2) is 5.38 Å². The average molecular weight is 213 g/mol. The standard InChI is InChI=1S/C10H19N3S/c1-4-9(5-2)13(3)6-8-7-14-10(11)12-8/h7,9H,4-6H2,1-3H3,(H2,11,12). The molecule has 0 saturated carbocycles. The fourth-order valence-corrected chi connectivity index (χ4v) is 2.25. The van der Waals surface area contributed by atoms with Gasteiger partial charge in [0.25, 0.3) is 0 Å². The molecule has 0 aliphatic carbocycles. The molecule has 0 saturated heterocycles. The van der Waals surface area contributed by atoms with E-state index in [0.29, 0.717) is 11.2 Å². The van der Waals surface area contributed by atoms with Crippen molar-refractivity contribution in [3.05, 3.63) is 11.1 Å². The van der Waals surface area contributed by atoms with Crippen molar-refractivity contribution in [2.24, 2.45) is 0 Å². The summed E-state index contributed by atoms with van der Waals surface area (Å²) in [5, 5.41) is 2.70. The molecule has 0 amide bonds. The van der Waals surface area contributed by atoms with Crippen molar-refractivity contribution in [3.63, 3.8) is 0 Å². The van der Waals surface area contributed by atoms with Gasteiger partial charge in [-0.05, 0) is 19.9 Å². The van der Waals surface area contributed by atoms with Crippen LogP contribution >= 0.6 is 11.3 Å². The lowest BCUT2D eigenvalue weighted by molar-refractivity contribution is 0.220. The lowest BCUT2D eigenvalue weighted by Gasteiger charge is -2.24. The number of nitrogens with zero attached hydrogens (tertiary/aromatic N) is 2. The van der Waals surface area contributed by atoms with Gasteiger partial charge in [0.15, 0.2) is 5.13 Å². The van der Waals surface area contributed by atoms with E-state index in [0.717, 1.165) is 12.2 Å². The van der Waals surface area contributed by atoms with Crippen LogP contribution in [0.1, 0.15) is 32.4 Å². The van der Waals surface area contributed by atoms with Gasteiger partial charge >= 0.3 is 0 Å². The molecule has 0 bridgehead atoms. The largest absolute Gasteiger partial charge is 0.375 e. The Morgan fingerprint density at radius 1 is 1.50 bits per heavy atom. The van der Waals surface area contributed by atoms with Gasteiger partial charge in [0.2, 0.25) is 0 Å². The molecule has 2 N–H and O–H groups in total. The number of anilines is 1. The number of nitrogen functional groups attached to an aromatic ring is 1. The van der Waals surface area contributed by atoms with Crippen LogP contribution in [0.25, 0.3) is 0 Å². The second kappa shape index (κ2) is 5.32. The minimum atomic E-state index is 0.651. The molecular weight excluding hydrogens is 194 g/mol. The molecule has 0 radical (unpaired) electrons. The molecule has 4 heteroatoms. The minimum absolute atomic E-state index is 0.651. The third-order valence-corrected chi connectivity index (χ3v) is 3.27. The summed E-state index contributed by atoms with van der Waals surface area (Å²) in [6, 6.07) is 0.651. The lowest BCUT2D eigenvalue weighted by atomic mass is 10.1. The van der Waals surface area contributed by atoms with E-state index in [4.69, 9.17) is 5.73 Å². The third kappa shape index (κ3) is 2.96. The fourth-order valence-electron chi connectivity index (χ4n) is 1.69. The highest BCUT2D eigenvalue weighted by Crippen LogP contribution is 2.15. The van der Waals surface area contributed by atoms with Gasteiger partial charge in [-0.15, -0.1) is 11.3 Å². The van der Waals surface area contributed by atoms with Crippen LogP contribution in [0.4, 0.5) is 5.13 Å². The van der Waals surface area contributed by atoms with Crippen LogP contribution in [0.5, 0.6) is 0 Å².